The molecule has 2 N–H and O–H groups in total. The Morgan fingerprint density at radius 1 is 1.32 bits per heavy atom. The number of rotatable bonds is 2. The third-order valence-corrected chi connectivity index (χ3v) is 4.84. The minimum atomic E-state index is 0.0746. The molecule has 3 nitrogen and oxygen atoms in total. The van der Waals surface area contributed by atoms with Crippen LogP contribution in [0.25, 0.3) is 0 Å². The van der Waals surface area contributed by atoms with Gasteiger partial charge in [0.05, 0.1) is 0 Å². The number of nitrogens with two attached hydrogens (primary N) is 1. The van der Waals surface area contributed by atoms with Gasteiger partial charge < -0.3 is 10.6 Å². The van der Waals surface area contributed by atoms with Crippen LogP contribution in [0.5, 0.6) is 0 Å². The summed E-state index contributed by atoms with van der Waals surface area (Å²) in [5.74, 6) is 0. The maximum absolute atomic E-state index is 5.92. The van der Waals surface area contributed by atoms with Gasteiger partial charge in [-0.25, -0.2) is 4.98 Å². The molecule has 1 unspecified atom stereocenters. The van der Waals surface area contributed by atoms with E-state index in [1.807, 2.05) is 13.1 Å². The standard InChI is InChI=1S/C15H19N3S/c1-11(16)14-9-17-15(19-14)18-8-4-7-12-5-2-3-6-13(12)10-18/h2-3,5-6,9,11H,4,7-8,10,16H2,1H3. The molecule has 1 aromatic carbocycles. The second kappa shape index (κ2) is 5.31. The van der Waals surface area contributed by atoms with Crippen LogP contribution in [0.1, 0.15) is 35.4 Å². The van der Waals surface area contributed by atoms with Crippen molar-refractivity contribution in [1.29, 1.82) is 0 Å². The van der Waals surface area contributed by atoms with Gasteiger partial charge >= 0.3 is 0 Å². The first-order valence-corrected chi connectivity index (χ1v) is 7.59. The summed E-state index contributed by atoms with van der Waals surface area (Å²) in [6, 6.07) is 8.80. The van der Waals surface area contributed by atoms with Crippen LogP contribution in [0.3, 0.4) is 0 Å². The molecule has 0 fully saturated rings. The highest BCUT2D eigenvalue weighted by atomic mass is 32.1. The van der Waals surface area contributed by atoms with Gasteiger partial charge in [-0.3, -0.25) is 0 Å². The highest BCUT2D eigenvalue weighted by Crippen LogP contribution is 2.29. The van der Waals surface area contributed by atoms with E-state index < -0.39 is 0 Å². The van der Waals surface area contributed by atoms with Crippen LogP contribution in [0.4, 0.5) is 5.13 Å². The van der Waals surface area contributed by atoms with E-state index in [0.29, 0.717) is 0 Å². The van der Waals surface area contributed by atoms with E-state index in [2.05, 4.69) is 34.1 Å². The average Bonchev–Trinajstić information content (AvgIpc) is 2.80. The second-order valence-electron chi connectivity index (χ2n) is 5.13. The number of anilines is 1. The van der Waals surface area contributed by atoms with Crippen LogP contribution in [-0.2, 0) is 13.0 Å². The normalized spacial score (nSPS) is 16.8. The van der Waals surface area contributed by atoms with Crippen LogP contribution in [0, 0.1) is 0 Å². The van der Waals surface area contributed by atoms with Crippen LogP contribution in [0.2, 0.25) is 0 Å². The molecule has 100 valence electrons. The average molecular weight is 273 g/mol. The molecule has 4 heteroatoms. The summed E-state index contributed by atoms with van der Waals surface area (Å²) in [4.78, 5) is 8.08. The fourth-order valence-corrected chi connectivity index (χ4v) is 3.39. The summed E-state index contributed by atoms with van der Waals surface area (Å²) in [5.41, 5.74) is 8.82. The number of aryl methyl sites for hydroxylation is 1. The molecule has 0 spiro atoms. The molecule has 0 aliphatic carbocycles. The van der Waals surface area contributed by atoms with Crippen molar-refractivity contribution in [3.63, 3.8) is 0 Å². The number of benzene rings is 1. The topological polar surface area (TPSA) is 42.1 Å². The smallest absolute Gasteiger partial charge is 0.185 e. The molecule has 1 atom stereocenters. The fraction of sp³-hybridized carbons (Fsp3) is 0.400. The van der Waals surface area contributed by atoms with Gasteiger partial charge in [-0.15, -0.1) is 11.3 Å². The van der Waals surface area contributed by atoms with Crippen LogP contribution < -0.4 is 10.6 Å². The van der Waals surface area contributed by atoms with Crippen LogP contribution in [-0.4, -0.2) is 11.5 Å². The number of fused-ring (bicyclic) bond motifs is 1. The maximum atomic E-state index is 5.92. The number of hydrogen-bond donors (Lipinski definition) is 1. The van der Waals surface area contributed by atoms with Gasteiger partial charge in [-0.05, 0) is 30.9 Å². The Morgan fingerprint density at radius 2 is 2.11 bits per heavy atom. The SMILES string of the molecule is CC(N)c1cnc(N2CCCc3ccccc3C2)s1. The van der Waals surface area contributed by atoms with E-state index in [4.69, 9.17) is 5.73 Å². The molecular formula is C15H19N3S. The van der Waals surface area contributed by atoms with Crippen molar-refractivity contribution >= 4 is 16.5 Å². The Bertz CT molecular complexity index is 562. The lowest BCUT2D eigenvalue weighted by molar-refractivity contribution is 0.763. The Labute approximate surface area is 118 Å². The molecule has 19 heavy (non-hydrogen) atoms. The van der Waals surface area contributed by atoms with Crippen LogP contribution in [0.15, 0.2) is 30.5 Å². The van der Waals surface area contributed by atoms with Gasteiger partial charge in [0.15, 0.2) is 5.13 Å². The van der Waals surface area contributed by atoms with Gasteiger partial charge in [0.2, 0.25) is 0 Å². The number of hydrogen-bond acceptors (Lipinski definition) is 4. The van der Waals surface area contributed by atoms with Crippen molar-refractivity contribution in [3.05, 3.63) is 46.5 Å². The van der Waals surface area contributed by atoms with Crippen molar-refractivity contribution in [2.24, 2.45) is 5.73 Å². The highest BCUT2D eigenvalue weighted by molar-refractivity contribution is 7.15. The predicted molar refractivity (Wildman–Crippen MR) is 80.5 cm³/mol. The lowest BCUT2D eigenvalue weighted by Gasteiger charge is -2.19. The van der Waals surface area contributed by atoms with E-state index in [1.54, 1.807) is 11.3 Å². The molecule has 0 amide bonds. The molecule has 3 rings (SSSR count). The summed E-state index contributed by atoms with van der Waals surface area (Å²) in [5, 5.41) is 1.10. The summed E-state index contributed by atoms with van der Waals surface area (Å²) in [6.07, 6.45) is 4.27. The number of nitrogens with zero attached hydrogens (tertiary/aromatic N) is 2. The lowest BCUT2D eigenvalue weighted by Crippen LogP contribution is -2.22. The van der Waals surface area contributed by atoms with Crippen molar-refractivity contribution in [2.45, 2.75) is 32.4 Å². The summed E-state index contributed by atoms with van der Waals surface area (Å²) in [7, 11) is 0. The minimum absolute atomic E-state index is 0.0746. The largest absolute Gasteiger partial charge is 0.344 e. The monoisotopic (exact) mass is 273 g/mol. The van der Waals surface area contributed by atoms with Crippen LogP contribution >= 0.6 is 11.3 Å². The lowest BCUT2D eigenvalue weighted by atomic mass is 10.0. The van der Waals surface area contributed by atoms with Gasteiger partial charge in [0, 0.05) is 30.2 Å². The first kappa shape index (κ1) is 12.6. The Hall–Kier alpha value is -1.39. The predicted octanol–water partition coefficient (Wildman–Crippen LogP) is 3.12. The fourth-order valence-electron chi connectivity index (χ4n) is 2.50. The van der Waals surface area contributed by atoms with E-state index in [-0.39, 0.29) is 6.04 Å². The third-order valence-electron chi connectivity index (χ3n) is 3.58. The molecule has 2 heterocycles. The van der Waals surface area contributed by atoms with Crippen molar-refractivity contribution < 1.29 is 0 Å². The van der Waals surface area contributed by atoms with E-state index in [1.165, 1.54) is 17.5 Å². The first-order chi connectivity index (χ1) is 9.24. The van der Waals surface area contributed by atoms with E-state index >= 15 is 0 Å². The van der Waals surface area contributed by atoms with Crippen molar-refractivity contribution in [2.75, 3.05) is 11.4 Å². The second-order valence-corrected chi connectivity index (χ2v) is 6.17. The number of aromatic nitrogens is 1. The minimum Gasteiger partial charge on any atom is -0.344 e. The Balaban J connectivity index is 1.85. The van der Waals surface area contributed by atoms with Gasteiger partial charge in [-0.2, -0.15) is 0 Å². The summed E-state index contributed by atoms with van der Waals surface area (Å²) >= 11 is 1.72. The molecule has 0 radical (unpaired) electrons. The molecular weight excluding hydrogens is 254 g/mol. The molecule has 1 aliphatic rings. The third kappa shape index (κ3) is 2.65. The maximum Gasteiger partial charge on any atom is 0.185 e. The summed E-state index contributed by atoms with van der Waals surface area (Å²) < 4.78 is 0. The Morgan fingerprint density at radius 3 is 2.84 bits per heavy atom. The highest BCUT2D eigenvalue weighted by Gasteiger charge is 2.17. The van der Waals surface area contributed by atoms with E-state index in [9.17, 15) is 0 Å². The van der Waals surface area contributed by atoms with Gasteiger partial charge in [0.25, 0.3) is 0 Å². The van der Waals surface area contributed by atoms with E-state index in [0.717, 1.165) is 29.5 Å². The molecule has 0 saturated heterocycles. The molecule has 1 aliphatic heterocycles. The van der Waals surface area contributed by atoms with Crippen molar-refractivity contribution in [3.8, 4) is 0 Å². The zero-order valence-electron chi connectivity index (χ0n) is 11.2. The molecule has 0 saturated carbocycles. The number of thiazole rings is 1. The zero-order valence-corrected chi connectivity index (χ0v) is 12.0. The van der Waals surface area contributed by atoms with Gasteiger partial charge in [0.1, 0.15) is 0 Å². The summed E-state index contributed by atoms with van der Waals surface area (Å²) in [6.45, 7) is 4.04. The molecule has 1 aromatic heterocycles. The Kier molecular flexibility index (Phi) is 3.53. The molecule has 0 bridgehead atoms. The first-order valence-electron chi connectivity index (χ1n) is 6.77. The van der Waals surface area contributed by atoms with Gasteiger partial charge in [-0.1, -0.05) is 24.3 Å². The zero-order chi connectivity index (χ0) is 13.2. The van der Waals surface area contributed by atoms with Crippen molar-refractivity contribution in [1.82, 2.24) is 4.98 Å². The molecule has 2 aromatic rings. The quantitative estimate of drug-likeness (QED) is 0.914.